The second kappa shape index (κ2) is 3.82. The van der Waals surface area contributed by atoms with E-state index in [1.807, 2.05) is 0 Å². The van der Waals surface area contributed by atoms with Crippen molar-refractivity contribution in [3.05, 3.63) is 17.5 Å². The summed E-state index contributed by atoms with van der Waals surface area (Å²) in [4.78, 5) is 28.7. The Morgan fingerprint density at radius 2 is 1.79 bits per heavy atom. The fraction of sp³-hybridized carbons (Fsp3) is 0.250. The summed E-state index contributed by atoms with van der Waals surface area (Å²) in [6.45, 7) is 3.44. The largest absolute Gasteiger partial charge is 0.404 e. The average molecular weight is 195 g/mol. The van der Waals surface area contributed by atoms with Gasteiger partial charge < -0.3 is 10.5 Å². The van der Waals surface area contributed by atoms with Crippen molar-refractivity contribution in [2.24, 2.45) is 5.73 Å². The second-order valence-electron chi connectivity index (χ2n) is 2.69. The van der Waals surface area contributed by atoms with Gasteiger partial charge in [0.25, 0.3) is 0 Å². The minimum absolute atomic E-state index is 0.161. The number of nitrogens with two attached hydrogens (primary N) is 1. The van der Waals surface area contributed by atoms with E-state index in [4.69, 9.17) is 5.73 Å². The Kier molecular flexibility index (Phi) is 2.76. The normalized spacial score (nSPS) is 9.57. The van der Waals surface area contributed by atoms with E-state index >= 15 is 0 Å². The molecular formula is C8H9N3O3. The maximum Gasteiger partial charge on any atom is 0.404 e. The van der Waals surface area contributed by atoms with Crippen LogP contribution in [0, 0.1) is 13.8 Å². The molecule has 0 aliphatic heterocycles. The van der Waals surface area contributed by atoms with E-state index in [0.29, 0.717) is 11.4 Å². The Morgan fingerprint density at radius 1 is 1.29 bits per heavy atom. The van der Waals surface area contributed by atoms with Crippen molar-refractivity contribution in [1.29, 1.82) is 0 Å². The number of aromatic nitrogens is 2. The first kappa shape index (κ1) is 10.1. The molecule has 74 valence electrons. The molecule has 1 aromatic rings. The van der Waals surface area contributed by atoms with Crippen molar-refractivity contribution in [2.75, 3.05) is 0 Å². The molecule has 0 saturated heterocycles. The first-order valence-electron chi connectivity index (χ1n) is 3.83. The van der Waals surface area contributed by atoms with E-state index in [2.05, 4.69) is 14.7 Å². The molecule has 1 rings (SSSR count). The molecule has 0 aliphatic carbocycles. The number of aryl methyl sites for hydroxylation is 2. The number of nitrogens with zero attached hydrogens (tertiary/aromatic N) is 2. The molecule has 2 N–H and O–H groups in total. The molecule has 0 fully saturated rings. The van der Waals surface area contributed by atoms with Crippen LogP contribution in [0.4, 0.5) is 0 Å². The monoisotopic (exact) mass is 195 g/mol. The van der Waals surface area contributed by atoms with Crippen molar-refractivity contribution in [2.45, 2.75) is 13.8 Å². The van der Waals surface area contributed by atoms with Gasteiger partial charge in [-0.15, -0.1) is 0 Å². The van der Waals surface area contributed by atoms with Crippen LogP contribution in [-0.4, -0.2) is 21.8 Å². The van der Waals surface area contributed by atoms with Crippen LogP contribution in [0.15, 0.2) is 6.07 Å². The van der Waals surface area contributed by atoms with Crippen LogP contribution in [0.3, 0.4) is 0 Å². The molecule has 0 bridgehead atoms. The molecule has 1 aromatic heterocycles. The molecular weight excluding hydrogens is 186 g/mol. The highest BCUT2D eigenvalue weighted by Gasteiger charge is 2.13. The molecule has 6 nitrogen and oxygen atoms in total. The minimum atomic E-state index is -1.17. The summed E-state index contributed by atoms with van der Waals surface area (Å²) < 4.78 is 4.50. The fourth-order valence-corrected chi connectivity index (χ4v) is 0.872. The summed E-state index contributed by atoms with van der Waals surface area (Å²) in [5.74, 6) is -2.34. The Hall–Kier alpha value is -1.98. The Morgan fingerprint density at radius 3 is 2.21 bits per heavy atom. The zero-order valence-electron chi connectivity index (χ0n) is 7.77. The second-order valence-corrected chi connectivity index (χ2v) is 2.69. The van der Waals surface area contributed by atoms with Crippen LogP contribution in [0.25, 0.3) is 0 Å². The Bertz CT molecular complexity index is 369. The van der Waals surface area contributed by atoms with Gasteiger partial charge in [-0.05, 0) is 19.9 Å². The maximum absolute atomic E-state index is 10.8. The third kappa shape index (κ3) is 2.51. The lowest BCUT2D eigenvalue weighted by molar-refractivity contribution is -0.147. The van der Waals surface area contributed by atoms with Gasteiger partial charge in [0.15, 0.2) is 0 Å². The summed E-state index contributed by atoms with van der Waals surface area (Å²) >= 11 is 0. The average Bonchev–Trinajstić information content (AvgIpc) is 2.01. The summed E-state index contributed by atoms with van der Waals surface area (Å²) in [6, 6.07) is 1.55. The summed E-state index contributed by atoms with van der Waals surface area (Å²) in [7, 11) is 0. The number of ether oxygens (including phenoxy) is 1. The third-order valence-corrected chi connectivity index (χ3v) is 1.35. The number of hydrogen-bond acceptors (Lipinski definition) is 5. The van der Waals surface area contributed by atoms with Gasteiger partial charge in [0.05, 0.1) is 0 Å². The highest BCUT2D eigenvalue weighted by molar-refractivity contribution is 6.32. The Labute approximate surface area is 80.1 Å². The predicted octanol–water partition coefficient (Wildman–Crippen LogP) is -0.516. The number of rotatable bonds is 1. The lowest BCUT2D eigenvalue weighted by Gasteiger charge is -2.01. The molecule has 0 radical (unpaired) electrons. The van der Waals surface area contributed by atoms with Crippen LogP contribution >= 0.6 is 0 Å². The zero-order chi connectivity index (χ0) is 10.7. The third-order valence-electron chi connectivity index (χ3n) is 1.35. The summed E-state index contributed by atoms with van der Waals surface area (Å²) in [5, 5.41) is 0. The number of amides is 1. The van der Waals surface area contributed by atoms with Crippen LogP contribution in [0.2, 0.25) is 0 Å². The predicted molar refractivity (Wildman–Crippen MR) is 46.3 cm³/mol. The number of primary amides is 1. The lowest BCUT2D eigenvalue weighted by Crippen LogP contribution is -2.28. The van der Waals surface area contributed by atoms with E-state index in [1.165, 1.54) is 0 Å². The first-order chi connectivity index (χ1) is 6.49. The van der Waals surface area contributed by atoms with Gasteiger partial charge in [-0.25, -0.2) is 14.8 Å². The fourth-order valence-electron chi connectivity index (χ4n) is 0.872. The summed E-state index contributed by atoms with van der Waals surface area (Å²) in [6.07, 6.45) is 0. The maximum atomic E-state index is 10.8. The molecule has 1 amide bonds. The first-order valence-corrected chi connectivity index (χ1v) is 3.83. The van der Waals surface area contributed by atoms with Crippen molar-refractivity contribution in [3.8, 4) is 6.01 Å². The van der Waals surface area contributed by atoms with Gasteiger partial charge in [0, 0.05) is 11.4 Å². The topological polar surface area (TPSA) is 95.2 Å². The minimum Gasteiger partial charge on any atom is -0.383 e. The van der Waals surface area contributed by atoms with Gasteiger partial charge in [0.1, 0.15) is 0 Å². The molecule has 14 heavy (non-hydrogen) atoms. The standard InChI is InChI=1S/C8H9N3O3/c1-4-3-5(2)11-8(10-4)14-7(13)6(9)12/h3H,1-2H3,(H2,9,12). The van der Waals surface area contributed by atoms with Gasteiger partial charge in [-0.2, -0.15) is 0 Å². The number of carbonyl (C=O) groups is 2. The van der Waals surface area contributed by atoms with Crippen LogP contribution in [0.5, 0.6) is 6.01 Å². The molecule has 1 heterocycles. The van der Waals surface area contributed by atoms with E-state index in [0.717, 1.165) is 0 Å². The van der Waals surface area contributed by atoms with Gasteiger partial charge in [-0.3, -0.25) is 4.79 Å². The smallest absolute Gasteiger partial charge is 0.383 e. The van der Waals surface area contributed by atoms with Crippen molar-refractivity contribution in [3.63, 3.8) is 0 Å². The van der Waals surface area contributed by atoms with Crippen molar-refractivity contribution >= 4 is 11.9 Å². The number of carbonyl (C=O) groups excluding carboxylic acids is 2. The van der Waals surface area contributed by atoms with Crippen LogP contribution < -0.4 is 10.5 Å². The quantitative estimate of drug-likeness (QED) is 0.480. The van der Waals surface area contributed by atoms with E-state index in [1.54, 1.807) is 19.9 Å². The molecule has 0 saturated carbocycles. The highest BCUT2D eigenvalue weighted by atomic mass is 16.6. The highest BCUT2D eigenvalue weighted by Crippen LogP contribution is 2.05. The lowest BCUT2D eigenvalue weighted by atomic mass is 10.4. The summed E-state index contributed by atoms with van der Waals surface area (Å²) in [5.41, 5.74) is 5.98. The van der Waals surface area contributed by atoms with E-state index < -0.39 is 11.9 Å². The molecule has 0 aliphatic rings. The van der Waals surface area contributed by atoms with Gasteiger partial charge in [0.2, 0.25) is 0 Å². The molecule has 6 heteroatoms. The van der Waals surface area contributed by atoms with Crippen LogP contribution in [-0.2, 0) is 9.59 Å². The van der Waals surface area contributed by atoms with E-state index in [-0.39, 0.29) is 6.01 Å². The van der Waals surface area contributed by atoms with Gasteiger partial charge >= 0.3 is 17.9 Å². The molecule has 0 unspecified atom stereocenters. The number of hydrogen-bond donors (Lipinski definition) is 1. The Balaban J connectivity index is 2.87. The SMILES string of the molecule is Cc1cc(C)nc(OC(=O)C(N)=O)n1. The van der Waals surface area contributed by atoms with Crippen molar-refractivity contribution in [1.82, 2.24) is 9.97 Å². The van der Waals surface area contributed by atoms with E-state index in [9.17, 15) is 9.59 Å². The molecule has 0 spiro atoms. The molecule has 0 aromatic carbocycles. The van der Waals surface area contributed by atoms with Crippen LogP contribution in [0.1, 0.15) is 11.4 Å². The molecule has 0 atom stereocenters. The van der Waals surface area contributed by atoms with Crippen molar-refractivity contribution < 1.29 is 14.3 Å². The zero-order valence-corrected chi connectivity index (χ0v) is 7.77. The number of esters is 1. The van der Waals surface area contributed by atoms with Gasteiger partial charge in [-0.1, -0.05) is 0 Å².